The molecule has 0 radical (unpaired) electrons. The average Bonchev–Trinajstić information content (AvgIpc) is 3.15. The van der Waals surface area contributed by atoms with Gasteiger partial charge in [0.05, 0.1) is 10.6 Å². The summed E-state index contributed by atoms with van der Waals surface area (Å²) in [5.41, 5.74) is 0.165. The van der Waals surface area contributed by atoms with Gasteiger partial charge in [-0.15, -0.1) is 0 Å². The standard InChI is InChI=1S/C23H16Cl2F2N2O3/c1-23(2,32-14-6-3-12(24)4-7-14)22(30)28-13-5-8-20-19(9-13)29-21(31-20)15-10-17(26)18(27)11-16(15)25/h3-11H,1-2H3,(H,28,30). The van der Waals surface area contributed by atoms with Crippen LogP contribution in [0, 0.1) is 11.6 Å². The molecule has 1 aromatic heterocycles. The van der Waals surface area contributed by atoms with Gasteiger partial charge in [-0.2, -0.15) is 0 Å². The summed E-state index contributed by atoms with van der Waals surface area (Å²) in [4.78, 5) is 17.1. The van der Waals surface area contributed by atoms with Gasteiger partial charge in [0.25, 0.3) is 5.91 Å². The van der Waals surface area contributed by atoms with Gasteiger partial charge < -0.3 is 14.5 Å². The van der Waals surface area contributed by atoms with Gasteiger partial charge in [-0.05, 0) is 68.4 Å². The Labute approximate surface area is 191 Å². The predicted octanol–water partition coefficient (Wildman–Crippen LogP) is 6.88. The van der Waals surface area contributed by atoms with Crippen molar-refractivity contribution in [2.24, 2.45) is 0 Å². The molecule has 0 aliphatic heterocycles. The molecule has 0 saturated carbocycles. The van der Waals surface area contributed by atoms with Crippen molar-refractivity contribution >= 4 is 45.9 Å². The smallest absolute Gasteiger partial charge is 0.267 e. The van der Waals surface area contributed by atoms with Gasteiger partial charge in [-0.25, -0.2) is 13.8 Å². The van der Waals surface area contributed by atoms with Gasteiger partial charge >= 0.3 is 0 Å². The molecule has 4 aromatic rings. The number of ether oxygens (including phenoxy) is 1. The van der Waals surface area contributed by atoms with Crippen molar-refractivity contribution in [3.8, 4) is 17.2 Å². The highest BCUT2D eigenvalue weighted by atomic mass is 35.5. The summed E-state index contributed by atoms with van der Waals surface area (Å²) in [6.07, 6.45) is 0. The molecule has 9 heteroatoms. The summed E-state index contributed by atoms with van der Waals surface area (Å²) in [7, 11) is 0. The normalized spacial score (nSPS) is 11.6. The highest BCUT2D eigenvalue weighted by molar-refractivity contribution is 6.33. The lowest BCUT2D eigenvalue weighted by molar-refractivity contribution is -0.128. The molecule has 0 saturated heterocycles. The third-order valence-electron chi connectivity index (χ3n) is 4.62. The zero-order valence-electron chi connectivity index (χ0n) is 16.9. The van der Waals surface area contributed by atoms with E-state index in [0.29, 0.717) is 27.6 Å². The fourth-order valence-electron chi connectivity index (χ4n) is 2.93. The third kappa shape index (κ3) is 4.54. The zero-order chi connectivity index (χ0) is 23.0. The Morgan fingerprint density at radius 2 is 1.72 bits per heavy atom. The van der Waals surface area contributed by atoms with E-state index in [4.69, 9.17) is 32.4 Å². The van der Waals surface area contributed by atoms with Crippen molar-refractivity contribution < 1.29 is 22.7 Å². The second-order valence-corrected chi connectivity index (χ2v) is 8.31. The van der Waals surface area contributed by atoms with Gasteiger partial charge in [0.2, 0.25) is 5.89 Å². The molecule has 5 nitrogen and oxygen atoms in total. The molecule has 1 N–H and O–H groups in total. The van der Waals surface area contributed by atoms with Crippen LogP contribution in [0.25, 0.3) is 22.6 Å². The summed E-state index contributed by atoms with van der Waals surface area (Å²) in [6.45, 7) is 3.27. The Balaban J connectivity index is 1.55. The van der Waals surface area contributed by atoms with Crippen molar-refractivity contribution in [2.45, 2.75) is 19.4 Å². The molecule has 0 fully saturated rings. The van der Waals surface area contributed by atoms with E-state index in [9.17, 15) is 13.6 Å². The van der Waals surface area contributed by atoms with E-state index in [1.54, 1.807) is 56.3 Å². The first-order chi connectivity index (χ1) is 15.1. The van der Waals surface area contributed by atoms with E-state index in [0.717, 1.165) is 12.1 Å². The maximum Gasteiger partial charge on any atom is 0.267 e. The molecule has 0 spiro atoms. The number of amides is 1. The molecule has 0 aliphatic carbocycles. The van der Waals surface area contributed by atoms with Crippen molar-refractivity contribution in [2.75, 3.05) is 5.32 Å². The molecule has 0 aliphatic rings. The maximum absolute atomic E-state index is 13.6. The van der Waals surface area contributed by atoms with Crippen LogP contribution in [0.2, 0.25) is 10.0 Å². The predicted molar refractivity (Wildman–Crippen MR) is 119 cm³/mol. The van der Waals surface area contributed by atoms with Gasteiger partial charge in [0.15, 0.2) is 22.8 Å². The SMILES string of the molecule is CC(C)(Oc1ccc(Cl)cc1)C(=O)Nc1ccc2oc(-c3cc(F)c(F)cc3Cl)nc2c1. The van der Waals surface area contributed by atoms with Crippen molar-refractivity contribution in [3.05, 3.63) is 76.3 Å². The number of nitrogens with zero attached hydrogens (tertiary/aromatic N) is 1. The fourth-order valence-corrected chi connectivity index (χ4v) is 3.29. The Kier molecular flexibility index (Phi) is 5.79. The first-order valence-electron chi connectivity index (χ1n) is 9.44. The number of carbonyl (C=O) groups excluding carboxylic acids is 1. The fraction of sp³-hybridized carbons (Fsp3) is 0.130. The Hall–Kier alpha value is -3.16. The number of hydrogen-bond acceptors (Lipinski definition) is 4. The number of carbonyl (C=O) groups is 1. The minimum absolute atomic E-state index is 0.0266. The zero-order valence-corrected chi connectivity index (χ0v) is 18.4. The number of benzene rings is 3. The number of hydrogen-bond donors (Lipinski definition) is 1. The van der Waals surface area contributed by atoms with Gasteiger partial charge in [0.1, 0.15) is 11.3 Å². The number of fused-ring (bicyclic) bond motifs is 1. The first-order valence-corrected chi connectivity index (χ1v) is 10.2. The van der Waals surface area contributed by atoms with E-state index in [-0.39, 0.29) is 22.4 Å². The molecular formula is C23H16Cl2F2N2O3. The van der Waals surface area contributed by atoms with Crippen molar-refractivity contribution in [3.63, 3.8) is 0 Å². The molecule has 1 amide bonds. The lowest BCUT2D eigenvalue weighted by atomic mass is 10.1. The van der Waals surface area contributed by atoms with Crippen LogP contribution in [0.4, 0.5) is 14.5 Å². The van der Waals surface area contributed by atoms with Crippen molar-refractivity contribution in [1.29, 1.82) is 0 Å². The molecule has 1 heterocycles. The van der Waals surface area contributed by atoms with E-state index in [2.05, 4.69) is 10.3 Å². The van der Waals surface area contributed by atoms with Crippen LogP contribution < -0.4 is 10.1 Å². The Morgan fingerprint density at radius 1 is 1.03 bits per heavy atom. The summed E-state index contributed by atoms with van der Waals surface area (Å²) in [5, 5.41) is 3.30. The van der Waals surface area contributed by atoms with Gasteiger partial charge in [0, 0.05) is 10.7 Å². The highest BCUT2D eigenvalue weighted by Gasteiger charge is 2.30. The van der Waals surface area contributed by atoms with Crippen LogP contribution >= 0.6 is 23.2 Å². The first kappa shape index (κ1) is 22.0. The van der Waals surface area contributed by atoms with Crippen molar-refractivity contribution in [1.82, 2.24) is 4.98 Å². The van der Waals surface area contributed by atoms with E-state index >= 15 is 0 Å². The van der Waals surface area contributed by atoms with Crippen LogP contribution in [0.5, 0.6) is 5.75 Å². The summed E-state index contributed by atoms with van der Waals surface area (Å²) in [5.74, 6) is -2.00. The van der Waals surface area contributed by atoms with E-state index in [1.165, 1.54) is 0 Å². The number of anilines is 1. The molecule has 0 unspecified atom stereocenters. The average molecular weight is 477 g/mol. The second-order valence-electron chi connectivity index (χ2n) is 7.47. The summed E-state index contributed by atoms with van der Waals surface area (Å²) < 4.78 is 38.4. The van der Waals surface area contributed by atoms with Crippen LogP contribution in [0.3, 0.4) is 0 Å². The van der Waals surface area contributed by atoms with Crippen LogP contribution in [-0.4, -0.2) is 16.5 Å². The minimum atomic E-state index is -1.18. The molecule has 0 bridgehead atoms. The molecule has 4 rings (SSSR count). The third-order valence-corrected chi connectivity index (χ3v) is 5.18. The molecular weight excluding hydrogens is 461 g/mol. The maximum atomic E-state index is 13.6. The van der Waals surface area contributed by atoms with Gasteiger partial charge in [-0.1, -0.05) is 23.2 Å². The Bertz CT molecular complexity index is 1320. The van der Waals surface area contributed by atoms with Crippen LogP contribution in [0.1, 0.15) is 13.8 Å². The number of aromatic nitrogens is 1. The number of oxazole rings is 1. The van der Waals surface area contributed by atoms with Crippen LogP contribution in [0.15, 0.2) is 59.0 Å². The molecule has 164 valence electrons. The van der Waals surface area contributed by atoms with E-state index < -0.39 is 17.2 Å². The highest BCUT2D eigenvalue weighted by Crippen LogP contribution is 2.32. The second kappa shape index (κ2) is 8.41. The number of rotatable bonds is 5. The topological polar surface area (TPSA) is 64.4 Å². The van der Waals surface area contributed by atoms with E-state index in [1.807, 2.05) is 0 Å². The van der Waals surface area contributed by atoms with Crippen LogP contribution in [-0.2, 0) is 4.79 Å². The molecule has 32 heavy (non-hydrogen) atoms. The largest absolute Gasteiger partial charge is 0.478 e. The summed E-state index contributed by atoms with van der Waals surface area (Å²) in [6, 6.07) is 13.3. The van der Waals surface area contributed by atoms with Gasteiger partial charge in [-0.3, -0.25) is 4.79 Å². The Morgan fingerprint density at radius 3 is 2.44 bits per heavy atom. The quantitative estimate of drug-likeness (QED) is 0.319. The molecule has 0 atom stereocenters. The number of halogens is 4. The minimum Gasteiger partial charge on any atom is -0.478 e. The number of nitrogens with one attached hydrogen (secondary N) is 1. The monoisotopic (exact) mass is 476 g/mol. The lowest BCUT2D eigenvalue weighted by Gasteiger charge is -2.25. The summed E-state index contributed by atoms with van der Waals surface area (Å²) >= 11 is 11.9. The lowest BCUT2D eigenvalue weighted by Crippen LogP contribution is -2.42. The molecule has 3 aromatic carbocycles.